The molecule has 1 heterocycles. The molecule has 0 spiro atoms. The van der Waals surface area contributed by atoms with Crippen LogP contribution in [0.1, 0.15) is 49.4 Å². The van der Waals surface area contributed by atoms with Crippen molar-refractivity contribution < 1.29 is 4.79 Å². The van der Waals surface area contributed by atoms with E-state index in [9.17, 15) is 4.79 Å². The predicted octanol–water partition coefficient (Wildman–Crippen LogP) is 3.52. The van der Waals surface area contributed by atoms with Crippen LogP contribution in [0.5, 0.6) is 0 Å². The summed E-state index contributed by atoms with van der Waals surface area (Å²) in [4.78, 5) is 14.7. The van der Waals surface area contributed by atoms with Gasteiger partial charge in [-0.2, -0.15) is 0 Å². The van der Waals surface area contributed by atoms with Gasteiger partial charge in [0.15, 0.2) is 0 Å². The van der Waals surface area contributed by atoms with Gasteiger partial charge in [-0.1, -0.05) is 13.3 Å². The van der Waals surface area contributed by atoms with E-state index in [0.29, 0.717) is 6.04 Å². The molecule has 1 amide bonds. The van der Waals surface area contributed by atoms with Crippen molar-refractivity contribution in [3.8, 4) is 0 Å². The fourth-order valence-electron chi connectivity index (χ4n) is 2.85. The van der Waals surface area contributed by atoms with Crippen molar-refractivity contribution in [2.75, 3.05) is 18.9 Å². The molecule has 1 aliphatic rings. The van der Waals surface area contributed by atoms with Crippen molar-refractivity contribution in [2.24, 2.45) is 0 Å². The molecule has 1 aromatic rings. The molecule has 1 saturated heterocycles. The molecular weight excluding hydrogens is 236 g/mol. The highest BCUT2D eigenvalue weighted by atomic mass is 16.2. The lowest BCUT2D eigenvalue weighted by atomic mass is 9.97. The monoisotopic (exact) mass is 260 g/mol. The average molecular weight is 260 g/mol. The second-order valence-electron chi connectivity index (χ2n) is 5.26. The van der Waals surface area contributed by atoms with Crippen LogP contribution in [0.25, 0.3) is 0 Å². The molecule has 1 N–H and O–H groups in total. The highest BCUT2D eigenvalue weighted by Crippen LogP contribution is 2.23. The highest BCUT2D eigenvalue weighted by Gasteiger charge is 2.26. The first-order chi connectivity index (χ1) is 9.26. The molecule has 1 unspecified atom stereocenters. The summed E-state index contributed by atoms with van der Waals surface area (Å²) in [6, 6.07) is 8.21. The van der Waals surface area contributed by atoms with Gasteiger partial charge in [0.2, 0.25) is 0 Å². The molecule has 104 valence electrons. The second kappa shape index (κ2) is 6.60. The molecule has 3 nitrogen and oxygen atoms in total. The van der Waals surface area contributed by atoms with E-state index in [0.717, 1.165) is 43.5 Å². The van der Waals surface area contributed by atoms with E-state index >= 15 is 0 Å². The van der Waals surface area contributed by atoms with Crippen LogP contribution in [0.4, 0.5) is 5.69 Å². The number of rotatable bonds is 4. The summed E-state index contributed by atoms with van der Waals surface area (Å²) in [5, 5.41) is 3.08. The van der Waals surface area contributed by atoms with E-state index in [1.807, 2.05) is 31.3 Å². The van der Waals surface area contributed by atoms with E-state index in [1.54, 1.807) is 0 Å². The number of benzene rings is 1. The zero-order valence-corrected chi connectivity index (χ0v) is 12.0. The minimum absolute atomic E-state index is 0.195. The Morgan fingerprint density at radius 3 is 2.68 bits per heavy atom. The van der Waals surface area contributed by atoms with E-state index in [1.165, 1.54) is 6.42 Å². The first kappa shape index (κ1) is 13.9. The third-order valence-electron chi connectivity index (χ3n) is 3.93. The van der Waals surface area contributed by atoms with Gasteiger partial charge in [0.1, 0.15) is 0 Å². The van der Waals surface area contributed by atoms with Gasteiger partial charge in [-0.15, -0.1) is 0 Å². The Bertz CT molecular complexity index is 411. The summed E-state index contributed by atoms with van der Waals surface area (Å²) in [5.74, 6) is 0.195. The molecule has 3 heteroatoms. The van der Waals surface area contributed by atoms with Crippen LogP contribution in [0.2, 0.25) is 0 Å². The van der Waals surface area contributed by atoms with Gasteiger partial charge in [0.25, 0.3) is 5.91 Å². The van der Waals surface area contributed by atoms with Crippen LogP contribution in [0.15, 0.2) is 24.3 Å². The number of carbonyl (C=O) groups is 1. The summed E-state index contributed by atoms with van der Waals surface area (Å²) in [5.41, 5.74) is 1.85. The van der Waals surface area contributed by atoms with Gasteiger partial charge in [-0.25, -0.2) is 0 Å². The van der Waals surface area contributed by atoms with Crippen molar-refractivity contribution in [2.45, 2.75) is 45.1 Å². The van der Waals surface area contributed by atoms with Crippen molar-refractivity contribution >= 4 is 11.6 Å². The lowest BCUT2D eigenvalue weighted by molar-refractivity contribution is 0.0600. The van der Waals surface area contributed by atoms with Crippen LogP contribution >= 0.6 is 0 Å². The molecule has 2 rings (SSSR count). The maximum Gasteiger partial charge on any atom is 0.254 e. The van der Waals surface area contributed by atoms with Gasteiger partial charge in [0.05, 0.1) is 0 Å². The number of piperidine rings is 1. The normalized spacial score (nSPS) is 19.3. The van der Waals surface area contributed by atoms with Crippen LogP contribution in [0.3, 0.4) is 0 Å². The van der Waals surface area contributed by atoms with Crippen LogP contribution in [-0.4, -0.2) is 30.4 Å². The number of anilines is 1. The minimum atomic E-state index is 0.195. The van der Waals surface area contributed by atoms with Crippen molar-refractivity contribution in [1.82, 2.24) is 4.90 Å². The zero-order valence-electron chi connectivity index (χ0n) is 12.0. The van der Waals surface area contributed by atoms with Crippen LogP contribution in [-0.2, 0) is 0 Å². The number of hydrogen-bond donors (Lipinski definition) is 1. The lowest BCUT2D eigenvalue weighted by Gasteiger charge is -2.36. The molecule has 1 aliphatic heterocycles. The largest absolute Gasteiger partial charge is 0.388 e. The molecular formula is C16H24N2O. The van der Waals surface area contributed by atoms with E-state index < -0.39 is 0 Å². The van der Waals surface area contributed by atoms with Crippen LogP contribution in [0, 0.1) is 0 Å². The van der Waals surface area contributed by atoms with Crippen molar-refractivity contribution in [3.05, 3.63) is 29.8 Å². The molecule has 0 aliphatic carbocycles. The highest BCUT2D eigenvalue weighted by molar-refractivity contribution is 5.94. The molecule has 19 heavy (non-hydrogen) atoms. The van der Waals surface area contributed by atoms with Gasteiger partial charge in [-0.3, -0.25) is 4.79 Å². The Balaban J connectivity index is 2.11. The zero-order chi connectivity index (χ0) is 13.7. The maximum atomic E-state index is 12.6. The first-order valence-electron chi connectivity index (χ1n) is 7.35. The predicted molar refractivity (Wildman–Crippen MR) is 79.6 cm³/mol. The third-order valence-corrected chi connectivity index (χ3v) is 3.93. The van der Waals surface area contributed by atoms with Crippen molar-refractivity contribution in [3.63, 3.8) is 0 Å². The van der Waals surface area contributed by atoms with Crippen molar-refractivity contribution in [1.29, 1.82) is 0 Å². The van der Waals surface area contributed by atoms with Crippen LogP contribution < -0.4 is 5.32 Å². The Hall–Kier alpha value is -1.51. The minimum Gasteiger partial charge on any atom is -0.388 e. The molecule has 1 fully saturated rings. The summed E-state index contributed by atoms with van der Waals surface area (Å²) < 4.78 is 0. The molecule has 1 aromatic carbocycles. The van der Waals surface area contributed by atoms with E-state index in [2.05, 4.69) is 17.1 Å². The summed E-state index contributed by atoms with van der Waals surface area (Å²) >= 11 is 0. The maximum absolute atomic E-state index is 12.6. The Kier molecular flexibility index (Phi) is 4.83. The number of hydrogen-bond acceptors (Lipinski definition) is 2. The standard InChI is InChI=1S/C16H24N2O/c1-3-6-15-7-4-5-12-18(15)16(19)13-8-10-14(17-2)11-9-13/h8-11,15,17H,3-7,12H2,1-2H3. The van der Waals surface area contributed by atoms with E-state index in [4.69, 9.17) is 0 Å². The Morgan fingerprint density at radius 2 is 2.05 bits per heavy atom. The summed E-state index contributed by atoms with van der Waals surface area (Å²) in [6.07, 6.45) is 5.83. The number of nitrogens with one attached hydrogen (secondary N) is 1. The lowest BCUT2D eigenvalue weighted by Crippen LogP contribution is -2.43. The SMILES string of the molecule is CCCC1CCCCN1C(=O)c1ccc(NC)cc1. The van der Waals surface area contributed by atoms with Gasteiger partial charge in [-0.05, 0) is 49.9 Å². The second-order valence-corrected chi connectivity index (χ2v) is 5.26. The van der Waals surface area contributed by atoms with Gasteiger partial charge < -0.3 is 10.2 Å². The fraction of sp³-hybridized carbons (Fsp3) is 0.562. The van der Waals surface area contributed by atoms with E-state index in [-0.39, 0.29) is 5.91 Å². The number of carbonyl (C=O) groups excluding carboxylic acids is 1. The molecule has 0 bridgehead atoms. The molecule has 1 atom stereocenters. The molecule has 0 radical (unpaired) electrons. The number of amides is 1. The van der Waals surface area contributed by atoms with Gasteiger partial charge in [0, 0.05) is 30.9 Å². The molecule has 0 aromatic heterocycles. The smallest absolute Gasteiger partial charge is 0.254 e. The summed E-state index contributed by atoms with van der Waals surface area (Å²) in [6.45, 7) is 3.11. The number of likely N-dealkylation sites (tertiary alicyclic amines) is 1. The topological polar surface area (TPSA) is 32.3 Å². The van der Waals surface area contributed by atoms with Gasteiger partial charge >= 0.3 is 0 Å². The fourth-order valence-corrected chi connectivity index (χ4v) is 2.85. The first-order valence-corrected chi connectivity index (χ1v) is 7.35. The molecule has 0 saturated carbocycles. The third kappa shape index (κ3) is 3.28. The number of nitrogens with zero attached hydrogens (tertiary/aromatic N) is 1. The quantitative estimate of drug-likeness (QED) is 0.898. The Morgan fingerprint density at radius 1 is 1.32 bits per heavy atom. The summed E-state index contributed by atoms with van der Waals surface area (Å²) in [7, 11) is 1.89. The Labute approximate surface area is 116 Å². The average Bonchev–Trinajstić information content (AvgIpc) is 2.47.